The summed E-state index contributed by atoms with van der Waals surface area (Å²) in [6, 6.07) is 18.9. The van der Waals surface area contributed by atoms with Crippen molar-refractivity contribution < 1.29 is 175 Å². The molecule has 4 bridgehead atoms. The van der Waals surface area contributed by atoms with Gasteiger partial charge in [-0.05, 0) is 165 Å². The first kappa shape index (κ1) is 78.8. The van der Waals surface area contributed by atoms with Crippen LogP contribution in [0.5, 0.6) is 46.0 Å². The Balaban J connectivity index is 0.000000193. The molecular weight excluding hydrogens is 1850 g/mol. The number of aliphatic hydroxyl groups is 1. The van der Waals surface area contributed by atoms with Gasteiger partial charge in [-0.3, -0.25) is 29.2 Å². The van der Waals surface area contributed by atoms with Crippen LogP contribution >= 0.6 is 0 Å². The van der Waals surface area contributed by atoms with Crippen LogP contribution in [0.4, 0.5) is 0 Å². The third-order valence-corrected chi connectivity index (χ3v) is 23.2. The smallest absolute Gasteiger partial charge is 0.291 e. The number of rotatable bonds is 12. The van der Waals surface area contributed by atoms with E-state index >= 15 is 0 Å². The Labute approximate surface area is 689 Å². The van der Waals surface area contributed by atoms with E-state index in [9.17, 15) is 40.4 Å². The molecule has 2 saturated heterocycles. The summed E-state index contributed by atoms with van der Waals surface area (Å²) in [5.41, 5.74) is 15.8. The SMILES string of the molecule is CN[C@@H](Cc1c[nH]c2ccccc12)C(=O)NC[C@H]1c2c(c(O)c(C)c3c2OCO3)CC2[C@H]3c4c(cc(C)c(C)c4O)C[C@@H]([C@H](C#N)N21)N3C.CN[C@@H](Cc1c[nH]c2ccccc12)C(=O)NC[C@H]1c2c(c(O)c(C)c3c2OCO3)CC2[C@H]3c4c(cc(C)c(C)c4O)C[C@@H]([C@H](O)N21)N3C.O=[N+]([O-])O.[Ac].[Ac].[Ag]. The molecule has 8 aliphatic heterocycles. The van der Waals surface area contributed by atoms with Crippen LogP contribution in [0.2, 0.25) is 0 Å². The maximum atomic E-state index is 14.0. The van der Waals surface area contributed by atoms with E-state index < -0.39 is 41.5 Å². The van der Waals surface area contributed by atoms with Gasteiger partial charge in [-0.15, -0.1) is 10.1 Å². The molecule has 6 aromatic carbocycles. The minimum Gasteiger partial charge on any atom is -0.507 e. The van der Waals surface area contributed by atoms with Crippen molar-refractivity contribution in [3.63, 3.8) is 0 Å². The maximum Gasteiger partial charge on any atom is 0.291 e. The molecule has 16 rings (SSSR count). The van der Waals surface area contributed by atoms with Crippen molar-refractivity contribution >= 4 is 33.6 Å². The zero-order chi connectivity index (χ0) is 71.5. The Morgan fingerprint density at radius 1 is 0.606 bits per heavy atom. The van der Waals surface area contributed by atoms with Gasteiger partial charge in [0.25, 0.3) is 5.09 Å². The van der Waals surface area contributed by atoms with Gasteiger partial charge in [0.1, 0.15) is 35.3 Å². The number of aliphatic hydroxyl groups excluding tert-OH is 1. The van der Waals surface area contributed by atoms with Crippen molar-refractivity contribution in [2.45, 2.75) is 153 Å². The number of carbonyl (C=O) groups is 2. The zero-order valence-electron chi connectivity index (χ0n) is 59.5. The van der Waals surface area contributed by atoms with Gasteiger partial charge < -0.3 is 80.9 Å². The second kappa shape index (κ2) is 31.5. The van der Waals surface area contributed by atoms with E-state index in [1.165, 1.54) is 0 Å². The third kappa shape index (κ3) is 13.4. The first-order valence-electron chi connectivity index (χ1n) is 34.3. The molecule has 547 valence electrons. The Hall–Kier alpha value is -6.23. The van der Waals surface area contributed by atoms with Crippen LogP contribution in [0.25, 0.3) is 21.8 Å². The van der Waals surface area contributed by atoms with E-state index in [4.69, 9.17) is 34.3 Å². The monoisotopic (exact) mass is 1940 g/mol. The van der Waals surface area contributed by atoms with Crippen LogP contribution in [-0.2, 0) is 70.5 Å². The van der Waals surface area contributed by atoms with Crippen LogP contribution in [0.3, 0.4) is 0 Å². The summed E-state index contributed by atoms with van der Waals surface area (Å²) in [7, 11) is 7.61. The number of aromatic amines is 2. The molecule has 8 aromatic rings. The van der Waals surface area contributed by atoms with E-state index in [1.807, 2.05) is 117 Å². The molecule has 10 heterocycles. The summed E-state index contributed by atoms with van der Waals surface area (Å²) in [6.45, 7) is 11.9. The number of para-hydroxylation sites is 2. The summed E-state index contributed by atoms with van der Waals surface area (Å²) in [6.07, 6.45) is 5.98. The molecule has 8 aliphatic rings. The van der Waals surface area contributed by atoms with Gasteiger partial charge in [0.05, 0.1) is 48.4 Å². The molecule has 0 aliphatic carbocycles. The molecule has 0 spiro atoms. The number of phenolic OH excluding ortho intramolecular Hbond substituents is 4. The molecule has 2 fully saturated rings. The predicted octanol–water partition coefficient (Wildman–Crippen LogP) is 6.98. The number of fused-ring (bicyclic) bond motifs is 20. The first-order chi connectivity index (χ1) is 48.5. The number of benzene rings is 6. The van der Waals surface area contributed by atoms with Gasteiger partial charge in [0.2, 0.25) is 25.4 Å². The van der Waals surface area contributed by atoms with Crippen LogP contribution in [0.15, 0.2) is 73.1 Å². The largest absolute Gasteiger partial charge is 0.507 e. The second-order valence-electron chi connectivity index (χ2n) is 28.1. The van der Waals surface area contributed by atoms with Crippen molar-refractivity contribution in [1.82, 2.24) is 50.8 Å². The Morgan fingerprint density at radius 2 is 1.00 bits per heavy atom. The van der Waals surface area contributed by atoms with Gasteiger partial charge in [0, 0.05) is 220 Å². The average Bonchev–Trinajstić information content (AvgIpc) is 0.873. The number of aromatic nitrogens is 2. The van der Waals surface area contributed by atoms with Crippen molar-refractivity contribution in [2.24, 2.45) is 0 Å². The summed E-state index contributed by atoms with van der Waals surface area (Å²) in [5, 5.41) is 98.3. The van der Waals surface area contributed by atoms with E-state index in [-0.39, 0.29) is 208 Å². The Bertz CT molecular complexity index is 4720. The second-order valence-corrected chi connectivity index (χ2v) is 28.1. The number of piperazine rings is 2. The van der Waals surface area contributed by atoms with Crippen molar-refractivity contribution in [2.75, 3.05) is 54.9 Å². The van der Waals surface area contributed by atoms with Gasteiger partial charge >= 0.3 is 0 Å². The summed E-state index contributed by atoms with van der Waals surface area (Å²) >= 11 is 0. The number of aryl methyl sites for hydroxylation is 2. The number of carbonyl (C=O) groups excluding carboxylic acids is 2. The number of nitrogens with one attached hydrogen (secondary N) is 6. The summed E-state index contributed by atoms with van der Waals surface area (Å²) in [5.74, 6) is 2.60. The normalized spacial score (nSPS) is 23.3. The number of hydrogen-bond acceptors (Lipinski definition) is 20. The fourth-order valence-corrected chi connectivity index (χ4v) is 18.0. The number of amides is 2. The molecule has 29 heteroatoms. The van der Waals surface area contributed by atoms with Crippen LogP contribution < -0.4 is 40.2 Å². The van der Waals surface area contributed by atoms with Crippen LogP contribution in [0.1, 0.15) is 113 Å². The fourth-order valence-electron chi connectivity index (χ4n) is 18.0. The molecule has 104 heavy (non-hydrogen) atoms. The third-order valence-electron chi connectivity index (χ3n) is 23.2. The summed E-state index contributed by atoms with van der Waals surface area (Å²) < 4.78 is 23.9. The number of ether oxygens (including phenoxy) is 4. The van der Waals surface area contributed by atoms with Crippen LogP contribution in [-0.4, -0.2) is 181 Å². The molecule has 12 N–H and O–H groups in total. The number of likely N-dealkylation sites (N-methyl/N-ethyl adjacent to an activating group) is 4. The molecular formula is C75H86Ac2AgN12O14. The standard InChI is InChI=1S/C38H42N6O5.C37H43N5O6.2Ac.Ag.HNO3/c1-18-10-21-12-27-29(14-39)44-28(33(43(27)5)31(21)35(46)19(18)2)13-24-32(37-36(48-17-49-37)20(3)34(24)45)30(44)16-42-38(47)26(40-4)11-22-15-41-25-9-7-6-8-23(22)25;1-17-10-20-12-27-37(46)42-26(31(41(27)5)29(20)33(44)18(17)2)13-23-30(35-34(47-16-48-35)19(3)32(23)43)28(42)15-40-36(45)25(38-4)11-21-14-39-24-9-7-6-8-22(21)24;;;;2-1(3)4/h6-10,15,26-30,33,40-41,45-46H,11-13,16-17H2,1-5H3,(H,42,47);6-10,14,25-28,31,37-39,43-44,46H,11-13,15-16H2,1-5H3,(H,40,45);;;;(H,2,3,4)/t26-,27-,28?,29-,30-,33-;25-,26?,27-,28-,31-,37-;;;;/m00..../s1. The number of phenols is 4. The Morgan fingerprint density at radius 3 is 1.43 bits per heavy atom. The number of nitriles is 1. The van der Waals surface area contributed by atoms with Gasteiger partial charge in [0.15, 0.2) is 23.0 Å². The molecule has 0 saturated carbocycles. The van der Waals surface area contributed by atoms with Crippen LogP contribution in [0, 0.1) is 151 Å². The summed E-state index contributed by atoms with van der Waals surface area (Å²) in [4.78, 5) is 51.6. The van der Waals surface area contributed by atoms with E-state index in [0.717, 1.165) is 99.7 Å². The molecule has 26 nitrogen and oxygen atoms in total. The maximum absolute atomic E-state index is 14.0. The predicted molar refractivity (Wildman–Crippen MR) is 373 cm³/mol. The van der Waals surface area contributed by atoms with E-state index in [2.05, 4.69) is 69.0 Å². The van der Waals surface area contributed by atoms with E-state index in [1.54, 1.807) is 14.1 Å². The van der Waals surface area contributed by atoms with Gasteiger partial charge in [-0.1, -0.05) is 48.5 Å². The molecule has 3 radical (unpaired) electrons. The zero-order valence-corrected chi connectivity index (χ0v) is 70.5. The van der Waals surface area contributed by atoms with Crippen molar-refractivity contribution in [3.05, 3.63) is 172 Å². The Kier molecular flexibility index (Phi) is 23.9. The first-order valence-corrected chi connectivity index (χ1v) is 34.3. The molecule has 12 atom stereocenters. The fraction of sp³-hybridized carbons (Fsp3) is 0.427. The van der Waals surface area contributed by atoms with Crippen molar-refractivity contribution in [3.8, 4) is 52.1 Å². The van der Waals surface area contributed by atoms with Gasteiger partial charge in [-0.25, -0.2) is 0 Å². The quantitative estimate of drug-likeness (QED) is 0.0333. The van der Waals surface area contributed by atoms with Crippen molar-refractivity contribution in [1.29, 1.82) is 5.26 Å². The number of nitrogens with zero attached hydrogens (tertiary/aromatic N) is 6. The molecule has 2 amide bonds. The topological polar surface area (TPSA) is 352 Å². The number of H-pyrrole nitrogens is 2. The average molecular weight is 1940 g/mol. The van der Waals surface area contributed by atoms with Gasteiger partial charge in [-0.2, -0.15) is 5.26 Å². The number of aromatic hydroxyl groups is 4. The molecule has 2 unspecified atom stereocenters. The van der Waals surface area contributed by atoms with E-state index in [0.29, 0.717) is 72.6 Å². The minimum atomic E-state index is -1.50. The number of hydrogen-bond donors (Lipinski definition) is 12. The minimum absolute atomic E-state index is 0. The molecule has 2 aromatic heterocycles.